The van der Waals surface area contributed by atoms with Gasteiger partial charge in [-0.2, -0.15) is 5.26 Å². The molecule has 1 aromatic carbocycles. The standard InChI is InChI=1S/C21H21FN6O/c22-16-4-2-15(3-5-16)17-6-7-18-20(26-17)21(28-10-12-29-13-11-28)27-19(25-18)14-24-9-1-8-23/h2-7,24H,1,9-14H2. The first-order chi connectivity index (χ1) is 14.2. The molecule has 2 aromatic heterocycles. The maximum Gasteiger partial charge on any atom is 0.159 e. The number of hydrogen-bond acceptors (Lipinski definition) is 7. The second-order valence-electron chi connectivity index (χ2n) is 6.72. The number of benzene rings is 1. The summed E-state index contributed by atoms with van der Waals surface area (Å²) in [6.45, 7) is 3.81. The number of nitrogens with zero attached hydrogens (tertiary/aromatic N) is 5. The van der Waals surface area contributed by atoms with Gasteiger partial charge in [-0.1, -0.05) is 0 Å². The third-order valence-corrected chi connectivity index (χ3v) is 4.72. The number of ether oxygens (including phenoxy) is 1. The summed E-state index contributed by atoms with van der Waals surface area (Å²) in [5.41, 5.74) is 3.05. The Balaban J connectivity index is 1.73. The molecule has 148 valence electrons. The first kappa shape index (κ1) is 19.2. The Morgan fingerprint density at radius 1 is 1.07 bits per heavy atom. The van der Waals surface area contributed by atoms with Crippen LogP contribution in [0.4, 0.5) is 10.2 Å². The van der Waals surface area contributed by atoms with Crippen molar-refractivity contribution in [1.29, 1.82) is 5.26 Å². The third kappa shape index (κ3) is 4.47. The van der Waals surface area contributed by atoms with E-state index in [9.17, 15) is 4.39 Å². The minimum Gasteiger partial charge on any atom is -0.378 e. The molecule has 3 heterocycles. The fourth-order valence-corrected chi connectivity index (χ4v) is 3.25. The lowest BCUT2D eigenvalue weighted by molar-refractivity contribution is 0.122. The summed E-state index contributed by atoms with van der Waals surface area (Å²) in [7, 11) is 0. The summed E-state index contributed by atoms with van der Waals surface area (Å²) >= 11 is 0. The fraction of sp³-hybridized carbons (Fsp3) is 0.333. The van der Waals surface area contributed by atoms with Crippen molar-refractivity contribution in [2.24, 2.45) is 0 Å². The first-order valence-corrected chi connectivity index (χ1v) is 9.58. The summed E-state index contributed by atoms with van der Waals surface area (Å²) in [5, 5.41) is 11.9. The zero-order chi connectivity index (χ0) is 20.1. The molecular weight excluding hydrogens is 371 g/mol. The van der Waals surface area contributed by atoms with Gasteiger partial charge in [-0.3, -0.25) is 0 Å². The van der Waals surface area contributed by atoms with Crippen molar-refractivity contribution in [3.8, 4) is 17.3 Å². The summed E-state index contributed by atoms with van der Waals surface area (Å²) in [5.74, 6) is 1.16. The summed E-state index contributed by atoms with van der Waals surface area (Å²) < 4.78 is 18.7. The number of aromatic nitrogens is 3. The molecule has 1 N–H and O–H groups in total. The molecule has 8 heteroatoms. The molecule has 7 nitrogen and oxygen atoms in total. The maximum atomic E-state index is 13.3. The molecule has 0 unspecified atom stereocenters. The van der Waals surface area contributed by atoms with Gasteiger partial charge in [0.1, 0.15) is 17.2 Å². The normalized spacial score (nSPS) is 14.1. The number of morpholine rings is 1. The predicted molar refractivity (Wildman–Crippen MR) is 108 cm³/mol. The van der Waals surface area contributed by atoms with E-state index in [2.05, 4.69) is 21.3 Å². The highest BCUT2D eigenvalue weighted by molar-refractivity contribution is 5.87. The molecule has 1 aliphatic rings. The lowest BCUT2D eigenvalue weighted by Gasteiger charge is -2.28. The Bertz CT molecular complexity index is 1030. The Hall–Kier alpha value is -3.15. The molecule has 0 bridgehead atoms. The average Bonchev–Trinajstić information content (AvgIpc) is 2.77. The number of fused-ring (bicyclic) bond motifs is 1. The van der Waals surface area contributed by atoms with Gasteiger partial charge in [0.2, 0.25) is 0 Å². The maximum absolute atomic E-state index is 13.3. The number of anilines is 1. The quantitative estimate of drug-likeness (QED) is 0.645. The van der Waals surface area contributed by atoms with Crippen LogP contribution >= 0.6 is 0 Å². The zero-order valence-electron chi connectivity index (χ0n) is 15.9. The third-order valence-electron chi connectivity index (χ3n) is 4.72. The van der Waals surface area contributed by atoms with Gasteiger partial charge in [0, 0.05) is 31.6 Å². The minimum atomic E-state index is -0.277. The number of nitriles is 1. The molecule has 0 saturated carbocycles. The van der Waals surface area contributed by atoms with Crippen LogP contribution in [0.25, 0.3) is 22.3 Å². The van der Waals surface area contributed by atoms with E-state index in [1.807, 2.05) is 12.1 Å². The van der Waals surface area contributed by atoms with Crippen LogP contribution in [0.3, 0.4) is 0 Å². The van der Waals surface area contributed by atoms with Crippen LogP contribution < -0.4 is 10.2 Å². The van der Waals surface area contributed by atoms with E-state index in [1.165, 1.54) is 12.1 Å². The average molecular weight is 392 g/mol. The topological polar surface area (TPSA) is 87.0 Å². The lowest BCUT2D eigenvalue weighted by atomic mass is 10.1. The number of nitrogens with one attached hydrogen (secondary N) is 1. The summed E-state index contributed by atoms with van der Waals surface area (Å²) in [6, 6.07) is 12.2. The molecule has 1 fully saturated rings. The highest BCUT2D eigenvalue weighted by Crippen LogP contribution is 2.27. The number of rotatable bonds is 6. The largest absolute Gasteiger partial charge is 0.378 e. The molecule has 3 aromatic rings. The summed E-state index contributed by atoms with van der Waals surface area (Å²) in [6.07, 6.45) is 0.437. The van der Waals surface area contributed by atoms with Crippen LogP contribution in [-0.4, -0.2) is 47.8 Å². The highest BCUT2D eigenvalue weighted by atomic mass is 19.1. The number of pyridine rings is 1. The van der Waals surface area contributed by atoms with Crippen molar-refractivity contribution in [2.75, 3.05) is 37.7 Å². The second-order valence-corrected chi connectivity index (χ2v) is 6.72. The molecule has 1 saturated heterocycles. The van der Waals surface area contributed by atoms with Crippen molar-refractivity contribution in [1.82, 2.24) is 20.3 Å². The second kappa shape index (κ2) is 8.90. The summed E-state index contributed by atoms with van der Waals surface area (Å²) in [4.78, 5) is 16.4. The Morgan fingerprint density at radius 2 is 1.86 bits per heavy atom. The van der Waals surface area contributed by atoms with Crippen LogP contribution in [0, 0.1) is 17.1 Å². The molecule has 1 aliphatic heterocycles. The van der Waals surface area contributed by atoms with E-state index in [4.69, 9.17) is 20.0 Å². The Kier molecular flexibility index (Phi) is 5.89. The van der Waals surface area contributed by atoms with E-state index in [-0.39, 0.29) is 5.82 Å². The van der Waals surface area contributed by atoms with Gasteiger partial charge in [0.15, 0.2) is 5.82 Å². The first-order valence-electron chi connectivity index (χ1n) is 9.58. The molecule has 0 aliphatic carbocycles. The van der Waals surface area contributed by atoms with Crippen molar-refractivity contribution in [2.45, 2.75) is 13.0 Å². The van der Waals surface area contributed by atoms with Gasteiger partial charge < -0.3 is 15.0 Å². The van der Waals surface area contributed by atoms with E-state index in [1.54, 1.807) is 12.1 Å². The molecule has 29 heavy (non-hydrogen) atoms. The van der Waals surface area contributed by atoms with Gasteiger partial charge in [-0.15, -0.1) is 0 Å². The highest BCUT2D eigenvalue weighted by Gasteiger charge is 2.19. The predicted octanol–water partition coefficient (Wildman–Crippen LogP) is 2.67. The van der Waals surface area contributed by atoms with Gasteiger partial charge in [-0.25, -0.2) is 19.3 Å². The zero-order valence-corrected chi connectivity index (χ0v) is 15.9. The monoisotopic (exact) mass is 392 g/mol. The van der Waals surface area contributed by atoms with Crippen molar-refractivity contribution < 1.29 is 9.13 Å². The Morgan fingerprint density at radius 3 is 2.62 bits per heavy atom. The number of hydrogen-bond donors (Lipinski definition) is 1. The van der Waals surface area contributed by atoms with Crippen LogP contribution in [0.5, 0.6) is 0 Å². The van der Waals surface area contributed by atoms with E-state index >= 15 is 0 Å². The van der Waals surface area contributed by atoms with Gasteiger partial charge >= 0.3 is 0 Å². The minimum absolute atomic E-state index is 0.277. The molecule has 0 spiro atoms. The molecule has 0 amide bonds. The van der Waals surface area contributed by atoms with Gasteiger partial charge in [0.25, 0.3) is 0 Å². The van der Waals surface area contributed by atoms with Crippen LogP contribution in [0.15, 0.2) is 36.4 Å². The fourth-order valence-electron chi connectivity index (χ4n) is 3.25. The van der Waals surface area contributed by atoms with E-state index < -0.39 is 0 Å². The molecule has 4 rings (SSSR count). The van der Waals surface area contributed by atoms with Crippen molar-refractivity contribution >= 4 is 16.9 Å². The molecule has 0 atom stereocenters. The van der Waals surface area contributed by atoms with Crippen LogP contribution in [-0.2, 0) is 11.3 Å². The van der Waals surface area contributed by atoms with Gasteiger partial charge in [0.05, 0.1) is 37.0 Å². The van der Waals surface area contributed by atoms with Crippen molar-refractivity contribution in [3.63, 3.8) is 0 Å². The molecule has 0 radical (unpaired) electrons. The van der Waals surface area contributed by atoms with E-state index in [0.717, 1.165) is 41.2 Å². The van der Waals surface area contributed by atoms with Crippen LogP contribution in [0.2, 0.25) is 0 Å². The van der Waals surface area contributed by atoms with Crippen LogP contribution in [0.1, 0.15) is 12.2 Å². The van der Waals surface area contributed by atoms with Crippen molar-refractivity contribution in [3.05, 3.63) is 48.0 Å². The van der Waals surface area contributed by atoms with E-state index in [0.29, 0.717) is 38.5 Å². The lowest BCUT2D eigenvalue weighted by Crippen LogP contribution is -2.37. The Labute approximate surface area is 168 Å². The number of halogens is 1. The SMILES string of the molecule is N#CCCNCc1nc(N2CCOCC2)c2nc(-c3ccc(F)cc3)ccc2n1. The molecular formula is C21H21FN6O. The smallest absolute Gasteiger partial charge is 0.159 e. The van der Waals surface area contributed by atoms with Gasteiger partial charge in [-0.05, 0) is 36.4 Å².